The van der Waals surface area contributed by atoms with Crippen LogP contribution >= 0.6 is 47.5 Å². The predicted octanol–water partition coefficient (Wildman–Crippen LogP) is 20.2. The van der Waals surface area contributed by atoms with Gasteiger partial charge in [0.25, 0.3) is 0 Å². The molecule has 0 heterocycles. The minimum atomic E-state index is -0.567. The predicted molar refractivity (Wildman–Crippen MR) is 360 cm³/mol. The third-order valence-corrected chi connectivity index (χ3v) is 45.6. The monoisotopic (exact) mass is 1340 g/mol. The van der Waals surface area contributed by atoms with Crippen molar-refractivity contribution < 1.29 is 40.8 Å². The summed E-state index contributed by atoms with van der Waals surface area (Å²) >= 11 is 0. The third kappa shape index (κ3) is 23.4. The normalized spacial score (nSPS) is 22.9. The Hall–Kier alpha value is 2.46. The molecule has 0 aromatic heterocycles. The Morgan fingerprint density at radius 1 is 0.303 bits per heavy atom. The van der Waals surface area contributed by atoms with Gasteiger partial charge in [-0.2, -0.15) is 0 Å². The minimum Gasteiger partial charge on any atom is -0.814 e. The van der Waals surface area contributed by atoms with Crippen molar-refractivity contribution in [3.8, 4) is 0 Å². The van der Waals surface area contributed by atoms with Crippen LogP contribution in [-0.4, -0.2) is 107 Å². The molecule has 442 valence electrons. The number of hydrogen-bond donors (Lipinski definition) is 0. The van der Waals surface area contributed by atoms with Crippen LogP contribution < -0.4 is 10.6 Å². The van der Waals surface area contributed by atoms with E-state index in [4.69, 9.17) is 10.8 Å². The van der Waals surface area contributed by atoms with Crippen LogP contribution in [0.15, 0.2) is 24.3 Å². The van der Waals surface area contributed by atoms with Gasteiger partial charge in [0.15, 0.2) is 0 Å². The van der Waals surface area contributed by atoms with Gasteiger partial charge in [0.2, 0.25) is 0 Å². The molecule has 10 heteroatoms. The fraction of sp³-hybridized carbons (Fsp3) is 0.879. The molecule has 0 unspecified atom stereocenters. The maximum atomic E-state index is 7.44. The van der Waals surface area contributed by atoms with E-state index in [9.17, 15) is 0 Å². The van der Waals surface area contributed by atoms with Gasteiger partial charge in [-0.1, -0.05) is 71.3 Å². The topological polar surface area (TPSA) is 44.6 Å². The summed E-state index contributed by atoms with van der Waals surface area (Å²) in [6.45, 7) is 3.11. The molecule has 8 saturated carbocycles. The van der Waals surface area contributed by atoms with E-state index < -0.39 is 15.8 Å². The Morgan fingerprint density at radius 2 is 0.461 bits per heavy atom. The molecule has 0 saturated heterocycles. The molecule has 0 radical (unpaired) electrons. The van der Waals surface area contributed by atoms with E-state index in [-0.39, 0.29) is 72.5 Å². The van der Waals surface area contributed by atoms with Crippen molar-refractivity contribution in [1.29, 1.82) is 0 Å². The number of rotatable bonds is 22. The van der Waals surface area contributed by atoms with E-state index in [0.29, 0.717) is 0 Å². The standard InChI is InChI=1S/C62H108P6.2C2H4N.2Pd/c1-9-26-53(27-10-1)65(54-28-11-2-12-29-54)48-44-63(45-49-66(55-30-13-3-14-31-55)56-32-15-4-16-33-56)61-42-25-43-62(52-61)64(46-50-67(57-34-17-5-18-35-57)58-36-19-6-20-37-58)47-51-68(59-38-21-7-22-39-59)60-40-23-8-24-41-60;2*1-2-3;;/h25,42-43,52-60H,1-24,26-41,44-51H2;2*2H,1H3;;/q;2*-1;;/p+6. The van der Waals surface area contributed by atoms with E-state index in [1.807, 2.05) is 10.6 Å². The maximum absolute atomic E-state index is 7.44. The van der Waals surface area contributed by atoms with Gasteiger partial charge in [0, 0.05) is 94.4 Å². The van der Waals surface area contributed by atoms with Crippen molar-refractivity contribution in [2.45, 2.75) is 316 Å². The molecule has 76 heavy (non-hydrogen) atoms. The van der Waals surface area contributed by atoms with Crippen LogP contribution in [0.1, 0.15) is 271 Å². The van der Waals surface area contributed by atoms with Crippen LogP contribution in [0.3, 0.4) is 0 Å². The second kappa shape index (κ2) is 41.5. The molecule has 0 bridgehead atoms. The summed E-state index contributed by atoms with van der Waals surface area (Å²) in [4.78, 5) is 0. The molecule has 9 rings (SSSR count). The first-order chi connectivity index (χ1) is 36.6. The van der Waals surface area contributed by atoms with Crippen LogP contribution in [0.2, 0.25) is 0 Å². The summed E-state index contributed by atoms with van der Waals surface area (Å²) < 4.78 is 0. The average molecular weight is 1340 g/mol. The first kappa shape index (κ1) is 69.2. The molecule has 1 aromatic rings. The van der Waals surface area contributed by atoms with E-state index >= 15 is 0 Å². The summed E-state index contributed by atoms with van der Waals surface area (Å²) in [6.07, 6.45) is 79.0. The molecule has 0 atom stereocenters. The van der Waals surface area contributed by atoms with Gasteiger partial charge in [-0.25, -0.2) is 12.4 Å². The Balaban J connectivity index is 0.00000127. The largest absolute Gasteiger partial charge is 0.814 e. The van der Waals surface area contributed by atoms with Gasteiger partial charge in [0.1, 0.15) is 0 Å². The van der Waals surface area contributed by atoms with Gasteiger partial charge in [-0.3, -0.25) is 0 Å². The molecule has 8 fully saturated rings. The maximum Gasteiger partial charge on any atom is 0.0956 e. The first-order valence-electron chi connectivity index (χ1n) is 33.7. The Labute approximate surface area is 507 Å². The van der Waals surface area contributed by atoms with Gasteiger partial charge in [-0.05, 0) is 218 Å². The van der Waals surface area contributed by atoms with Gasteiger partial charge >= 0.3 is 0 Å². The molecule has 0 spiro atoms. The summed E-state index contributed by atoms with van der Waals surface area (Å²) in [6, 6.07) is 11.5. The van der Waals surface area contributed by atoms with Crippen LogP contribution in [-0.2, 0) is 40.8 Å². The van der Waals surface area contributed by atoms with Crippen molar-refractivity contribution in [2.75, 3.05) is 49.3 Å². The first-order valence-corrected chi connectivity index (χ1v) is 44.9. The third-order valence-electron chi connectivity index (χ3n) is 21.6. The fourth-order valence-corrected chi connectivity index (χ4v) is 45.5. The van der Waals surface area contributed by atoms with E-state index in [1.165, 1.54) is 45.3 Å². The van der Waals surface area contributed by atoms with E-state index in [0.717, 1.165) is 12.4 Å². The Morgan fingerprint density at radius 3 is 0.618 bits per heavy atom. The zero-order valence-electron chi connectivity index (χ0n) is 49.6. The molecule has 8 aliphatic rings. The van der Waals surface area contributed by atoms with Crippen LogP contribution in [0.25, 0.3) is 10.8 Å². The zero-order chi connectivity index (χ0) is 51.4. The van der Waals surface area contributed by atoms with Crippen molar-refractivity contribution in [2.24, 2.45) is 0 Å². The molecule has 1 aromatic carbocycles. The minimum absolute atomic E-state index is 0. The van der Waals surface area contributed by atoms with Crippen LogP contribution in [0, 0.1) is 0 Å². The number of nitrogens with zero attached hydrogens (tertiary/aromatic N) is 2. The summed E-state index contributed by atoms with van der Waals surface area (Å²) in [5.74, 6) is 0. The Kier molecular flexibility index (Phi) is 37.8. The SMILES string of the molecule is CC=[N-].CC=[N-].[Pd].[Pd].c1cc([PH+](CC[PH+](C2CCCCC2)C2CCCCC2)CC[PH+](C2CCCCC2)C2CCCCC2)cc([PH+](CC[PH+](C2CCCCC2)C2CCCCC2)CC[PH+](C2CCCCC2)C2CCCCC2)c1. The van der Waals surface area contributed by atoms with Crippen molar-refractivity contribution in [3.63, 3.8) is 0 Å². The fourth-order valence-electron chi connectivity index (χ4n) is 17.7. The van der Waals surface area contributed by atoms with Gasteiger partial charge in [0.05, 0.1) is 105 Å². The van der Waals surface area contributed by atoms with Crippen molar-refractivity contribution >= 4 is 70.6 Å². The summed E-state index contributed by atoms with van der Waals surface area (Å²) in [5, 5.41) is 18.9. The second-order valence-electron chi connectivity index (χ2n) is 26.3. The smallest absolute Gasteiger partial charge is 0.0956 e. The van der Waals surface area contributed by atoms with E-state index in [2.05, 4.69) is 24.3 Å². The van der Waals surface area contributed by atoms with Gasteiger partial charge < -0.3 is 10.8 Å². The molecule has 2 nitrogen and oxygen atoms in total. The summed E-state index contributed by atoms with van der Waals surface area (Å²) in [7, 11) is -2.27. The zero-order valence-corrected chi connectivity index (χ0v) is 58.7. The number of hydrogen-bond acceptors (Lipinski definition) is 0. The molecule has 0 N–H and O–H groups in total. The quantitative estimate of drug-likeness (QED) is 0.0631. The summed E-state index contributed by atoms with van der Waals surface area (Å²) in [5.41, 5.74) is 9.33. The van der Waals surface area contributed by atoms with E-state index in [1.54, 1.807) is 320 Å². The van der Waals surface area contributed by atoms with Crippen molar-refractivity contribution in [3.05, 3.63) is 35.1 Å². The Bertz CT molecular complexity index is 1340. The molecule has 0 aliphatic heterocycles. The van der Waals surface area contributed by atoms with Crippen molar-refractivity contribution in [1.82, 2.24) is 0 Å². The molecule has 8 aliphatic carbocycles. The van der Waals surface area contributed by atoms with Crippen LogP contribution in [0.5, 0.6) is 0 Å². The van der Waals surface area contributed by atoms with Gasteiger partial charge in [-0.15, -0.1) is 0 Å². The second-order valence-corrected chi connectivity index (χ2v) is 45.0. The molecular weight excluding hydrogens is 1220 g/mol. The molecular formula is C66H122N2P6Pd2+4. The average Bonchev–Trinajstić information content (AvgIpc) is 3.47. The molecule has 0 amide bonds. The van der Waals surface area contributed by atoms with Crippen LogP contribution in [0.4, 0.5) is 0 Å². The number of benzene rings is 1.